The van der Waals surface area contributed by atoms with Crippen molar-refractivity contribution >= 4 is 21.4 Å². The number of nitrogens with zero attached hydrogens (tertiary/aromatic N) is 1. The van der Waals surface area contributed by atoms with E-state index in [1.165, 1.54) is 19.2 Å². The Bertz CT molecular complexity index is 863. The standard InChI is InChI=1S/C17H20N2O5S/c1-4-12(2)13-5-7-14(8-6-13)18-25(22,23)15-9-10-17(24-3)16(11-15)19(20)21/h5-12,18H,4H2,1-3H3/t12-/m0/s1. The normalized spacial score (nSPS) is 12.4. The molecule has 25 heavy (non-hydrogen) atoms. The van der Waals surface area contributed by atoms with E-state index in [9.17, 15) is 18.5 Å². The Balaban J connectivity index is 2.30. The summed E-state index contributed by atoms with van der Waals surface area (Å²) in [5.41, 5.74) is 1.11. The van der Waals surface area contributed by atoms with E-state index < -0.39 is 20.6 Å². The Morgan fingerprint density at radius 2 is 1.84 bits per heavy atom. The van der Waals surface area contributed by atoms with Crippen molar-refractivity contribution in [1.29, 1.82) is 0 Å². The molecule has 0 fully saturated rings. The first-order chi connectivity index (χ1) is 11.8. The van der Waals surface area contributed by atoms with Gasteiger partial charge in [0.05, 0.1) is 16.9 Å². The molecule has 8 heteroatoms. The number of hydrogen-bond acceptors (Lipinski definition) is 5. The van der Waals surface area contributed by atoms with E-state index in [0.29, 0.717) is 11.6 Å². The molecule has 0 aliphatic rings. The molecule has 7 nitrogen and oxygen atoms in total. The smallest absolute Gasteiger partial charge is 0.312 e. The van der Waals surface area contributed by atoms with Gasteiger partial charge in [0.15, 0.2) is 5.75 Å². The maximum Gasteiger partial charge on any atom is 0.312 e. The number of nitrogens with one attached hydrogen (secondary N) is 1. The molecular weight excluding hydrogens is 344 g/mol. The average Bonchev–Trinajstić information content (AvgIpc) is 2.60. The van der Waals surface area contributed by atoms with Gasteiger partial charge in [0, 0.05) is 11.8 Å². The first-order valence-electron chi connectivity index (χ1n) is 7.73. The van der Waals surface area contributed by atoms with Crippen LogP contribution in [0.5, 0.6) is 5.75 Å². The minimum Gasteiger partial charge on any atom is -0.490 e. The molecule has 0 aromatic heterocycles. The van der Waals surface area contributed by atoms with Gasteiger partial charge in [0.2, 0.25) is 0 Å². The minimum atomic E-state index is -3.94. The zero-order valence-corrected chi connectivity index (χ0v) is 15.0. The van der Waals surface area contributed by atoms with Crippen molar-refractivity contribution in [2.75, 3.05) is 11.8 Å². The van der Waals surface area contributed by atoms with Crippen LogP contribution in [-0.2, 0) is 10.0 Å². The first kappa shape index (κ1) is 18.7. The van der Waals surface area contributed by atoms with Gasteiger partial charge in [-0.25, -0.2) is 8.42 Å². The first-order valence-corrected chi connectivity index (χ1v) is 9.22. The fourth-order valence-corrected chi connectivity index (χ4v) is 3.39. The molecule has 0 bridgehead atoms. The molecule has 0 saturated heterocycles. The zero-order chi connectivity index (χ0) is 18.6. The summed E-state index contributed by atoms with van der Waals surface area (Å²) in [5, 5.41) is 11.1. The second kappa shape index (κ2) is 7.52. The fraction of sp³-hybridized carbons (Fsp3) is 0.294. The lowest BCUT2D eigenvalue weighted by Gasteiger charge is -2.12. The summed E-state index contributed by atoms with van der Waals surface area (Å²) < 4.78 is 32.3. The molecule has 2 rings (SSSR count). The zero-order valence-electron chi connectivity index (χ0n) is 14.2. The minimum absolute atomic E-state index is 0.00172. The van der Waals surface area contributed by atoms with E-state index in [2.05, 4.69) is 18.6 Å². The molecule has 2 aromatic rings. The van der Waals surface area contributed by atoms with Crippen LogP contribution < -0.4 is 9.46 Å². The van der Waals surface area contributed by atoms with Crippen molar-refractivity contribution in [2.24, 2.45) is 0 Å². The van der Waals surface area contributed by atoms with Crippen LogP contribution in [0.2, 0.25) is 0 Å². The van der Waals surface area contributed by atoms with Crippen LogP contribution in [-0.4, -0.2) is 20.5 Å². The van der Waals surface area contributed by atoms with Crippen LogP contribution in [0, 0.1) is 10.1 Å². The van der Waals surface area contributed by atoms with Crippen molar-refractivity contribution in [1.82, 2.24) is 0 Å². The quantitative estimate of drug-likeness (QED) is 0.593. The largest absolute Gasteiger partial charge is 0.490 e. The van der Waals surface area contributed by atoms with E-state index >= 15 is 0 Å². The van der Waals surface area contributed by atoms with E-state index in [4.69, 9.17) is 4.74 Å². The number of benzene rings is 2. The molecule has 0 aliphatic heterocycles. The van der Waals surface area contributed by atoms with Crippen LogP contribution in [0.3, 0.4) is 0 Å². The third-order valence-electron chi connectivity index (χ3n) is 4.00. The van der Waals surface area contributed by atoms with Crippen LogP contribution in [0.25, 0.3) is 0 Å². The Morgan fingerprint density at radius 1 is 1.20 bits per heavy atom. The van der Waals surface area contributed by atoms with E-state index in [1.54, 1.807) is 12.1 Å². The highest BCUT2D eigenvalue weighted by atomic mass is 32.2. The number of hydrogen-bond donors (Lipinski definition) is 1. The van der Waals surface area contributed by atoms with Crippen molar-refractivity contribution in [3.63, 3.8) is 0 Å². The summed E-state index contributed by atoms with van der Waals surface area (Å²) in [6.07, 6.45) is 0.987. The van der Waals surface area contributed by atoms with Gasteiger partial charge in [-0.2, -0.15) is 0 Å². The van der Waals surface area contributed by atoms with Crippen molar-refractivity contribution in [3.05, 3.63) is 58.1 Å². The molecule has 134 valence electrons. The molecule has 0 saturated carbocycles. The van der Waals surface area contributed by atoms with Gasteiger partial charge in [-0.3, -0.25) is 14.8 Å². The molecule has 2 aromatic carbocycles. The summed E-state index contributed by atoms with van der Waals surface area (Å²) >= 11 is 0. The fourth-order valence-electron chi connectivity index (χ4n) is 2.31. The molecule has 0 spiro atoms. The molecule has 0 unspecified atom stereocenters. The highest BCUT2D eigenvalue weighted by Crippen LogP contribution is 2.30. The number of rotatable bonds is 7. The lowest BCUT2D eigenvalue weighted by molar-refractivity contribution is -0.386. The van der Waals surface area contributed by atoms with Gasteiger partial charge in [0.25, 0.3) is 10.0 Å². The number of sulfonamides is 1. The summed E-state index contributed by atoms with van der Waals surface area (Å²) in [7, 11) is -2.66. The SMILES string of the molecule is CC[C@H](C)c1ccc(NS(=O)(=O)c2ccc(OC)c([N+](=O)[O-])c2)cc1. The van der Waals surface area contributed by atoms with Gasteiger partial charge in [-0.15, -0.1) is 0 Å². The average molecular weight is 364 g/mol. The maximum absolute atomic E-state index is 12.5. The molecule has 0 aliphatic carbocycles. The molecule has 1 atom stereocenters. The number of methoxy groups -OCH3 is 1. The number of anilines is 1. The van der Waals surface area contributed by atoms with Crippen molar-refractivity contribution in [3.8, 4) is 5.75 Å². The molecule has 0 radical (unpaired) electrons. The van der Waals surface area contributed by atoms with E-state index in [1.807, 2.05) is 12.1 Å². The molecular formula is C17H20N2O5S. The second-order valence-electron chi connectivity index (χ2n) is 5.63. The van der Waals surface area contributed by atoms with E-state index in [-0.39, 0.29) is 10.6 Å². The molecule has 0 amide bonds. The maximum atomic E-state index is 12.5. The number of ether oxygens (including phenoxy) is 1. The van der Waals surface area contributed by atoms with Crippen LogP contribution in [0.15, 0.2) is 47.4 Å². The predicted molar refractivity (Wildman–Crippen MR) is 95.6 cm³/mol. The summed E-state index contributed by atoms with van der Waals surface area (Å²) in [6, 6.07) is 10.6. The lowest BCUT2D eigenvalue weighted by Crippen LogP contribution is -2.13. The summed E-state index contributed by atoms with van der Waals surface area (Å²) in [5.74, 6) is 0.386. The number of nitro benzene ring substituents is 1. The Morgan fingerprint density at radius 3 is 2.36 bits per heavy atom. The van der Waals surface area contributed by atoms with Gasteiger partial charge in [-0.1, -0.05) is 26.0 Å². The van der Waals surface area contributed by atoms with Crippen LogP contribution in [0.4, 0.5) is 11.4 Å². The second-order valence-corrected chi connectivity index (χ2v) is 7.31. The monoisotopic (exact) mass is 364 g/mol. The molecule has 0 heterocycles. The Hall–Kier alpha value is -2.61. The summed E-state index contributed by atoms with van der Waals surface area (Å²) in [4.78, 5) is 10.2. The third-order valence-corrected chi connectivity index (χ3v) is 5.38. The van der Waals surface area contributed by atoms with Gasteiger partial charge in [-0.05, 0) is 42.2 Å². The Kier molecular flexibility index (Phi) is 5.63. The van der Waals surface area contributed by atoms with Crippen molar-refractivity contribution < 1.29 is 18.1 Å². The lowest BCUT2D eigenvalue weighted by atomic mass is 9.99. The van der Waals surface area contributed by atoms with Gasteiger partial charge in [0.1, 0.15) is 0 Å². The van der Waals surface area contributed by atoms with Crippen LogP contribution >= 0.6 is 0 Å². The highest BCUT2D eigenvalue weighted by molar-refractivity contribution is 7.92. The van der Waals surface area contributed by atoms with Crippen molar-refractivity contribution in [2.45, 2.75) is 31.1 Å². The van der Waals surface area contributed by atoms with Crippen LogP contribution in [0.1, 0.15) is 31.7 Å². The third kappa shape index (κ3) is 4.27. The highest BCUT2D eigenvalue weighted by Gasteiger charge is 2.22. The molecule has 1 N–H and O–H groups in total. The Labute approximate surface area is 146 Å². The number of nitro groups is 1. The van der Waals surface area contributed by atoms with Gasteiger partial charge >= 0.3 is 5.69 Å². The topological polar surface area (TPSA) is 98.5 Å². The predicted octanol–water partition coefficient (Wildman–Crippen LogP) is 3.92. The summed E-state index contributed by atoms with van der Waals surface area (Å²) in [6.45, 7) is 4.17. The van der Waals surface area contributed by atoms with Gasteiger partial charge < -0.3 is 4.74 Å². The van der Waals surface area contributed by atoms with E-state index in [0.717, 1.165) is 18.1 Å².